The van der Waals surface area contributed by atoms with Crippen LogP contribution in [0.15, 0.2) is 12.1 Å². The predicted molar refractivity (Wildman–Crippen MR) is 80.0 cm³/mol. The second-order valence-electron chi connectivity index (χ2n) is 5.28. The van der Waals surface area contributed by atoms with Crippen molar-refractivity contribution < 1.29 is 13.9 Å². The molecule has 0 aliphatic carbocycles. The fourth-order valence-electron chi connectivity index (χ4n) is 2.79. The maximum atomic E-state index is 14.1. The van der Waals surface area contributed by atoms with Crippen molar-refractivity contribution in [1.29, 1.82) is 0 Å². The Bertz CT molecular complexity index is 771. The van der Waals surface area contributed by atoms with Crippen molar-refractivity contribution in [2.45, 2.75) is 26.1 Å². The number of benzene rings is 1. The Morgan fingerprint density at radius 3 is 2.73 bits per heavy atom. The number of aliphatic hydroxyl groups excluding tert-OH is 1. The first-order chi connectivity index (χ1) is 10.5. The molecule has 2 heterocycles. The Morgan fingerprint density at radius 2 is 2.05 bits per heavy atom. The summed E-state index contributed by atoms with van der Waals surface area (Å²) in [6, 6.07) is 2.30. The van der Waals surface area contributed by atoms with Gasteiger partial charge in [-0.1, -0.05) is 0 Å². The molecule has 0 radical (unpaired) electrons. The highest BCUT2D eigenvalue weighted by atomic mass is 32.1. The summed E-state index contributed by atoms with van der Waals surface area (Å²) in [4.78, 5) is 1.74. The zero-order chi connectivity index (χ0) is 15.9. The molecule has 0 fully saturated rings. The van der Waals surface area contributed by atoms with Gasteiger partial charge in [-0.3, -0.25) is 0 Å². The van der Waals surface area contributed by atoms with Gasteiger partial charge < -0.3 is 14.6 Å². The average Bonchev–Trinajstić information content (AvgIpc) is 2.79. The van der Waals surface area contributed by atoms with Crippen molar-refractivity contribution in [2.24, 2.45) is 7.05 Å². The molecule has 0 unspecified atom stereocenters. The van der Waals surface area contributed by atoms with Crippen LogP contribution in [0.5, 0.6) is 0 Å². The lowest BCUT2D eigenvalue weighted by Crippen LogP contribution is -2.33. The molecule has 1 aliphatic heterocycles. The van der Waals surface area contributed by atoms with Gasteiger partial charge in [-0.05, 0) is 37.2 Å². The molecule has 0 saturated carbocycles. The number of aliphatic hydroxyl groups is 1. The number of halogens is 2. The zero-order valence-electron chi connectivity index (χ0n) is 12.1. The second kappa shape index (κ2) is 5.77. The molecule has 1 aliphatic rings. The van der Waals surface area contributed by atoms with Gasteiger partial charge in [0, 0.05) is 19.2 Å². The maximum absolute atomic E-state index is 14.1. The number of nitrogens with zero attached hydrogens (tertiary/aromatic N) is 4. The summed E-state index contributed by atoms with van der Waals surface area (Å²) in [6.45, 7) is 0.590. The van der Waals surface area contributed by atoms with Gasteiger partial charge in [0.05, 0.1) is 5.69 Å². The van der Waals surface area contributed by atoms with E-state index in [0.29, 0.717) is 29.1 Å². The van der Waals surface area contributed by atoms with E-state index < -0.39 is 5.82 Å². The Hall–Kier alpha value is -1.80. The van der Waals surface area contributed by atoms with Crippen LogP contribution in [0.4, 0.5) is 14.5 Å². The van der Waals surface area contributed by atoms with Crippen LogP contribution >= 0.6 is 12.2 Å². The first-order valence-corrected chi connectivity index (χ1v) is 7.39. The number of aromatic nitrogens is 3. The topological polar surface area (TPSA) is 46.2 Å². The predicted octanol–water partition coefficient (Wildman–Crippen LogP) is 2.13. The van der Waals surface area contributed by atoms with E-state index in [1.165, 1.54) is 4.68 Å². The number of hydrogen-bond acceptors (Lipinski definition) is 4. The number of rotatable bonds is 3. The van der Waals surface area contributed by atoms with Crippen molar-refractivity contribution in [2.75, 3.05) is 11.4 Å². The summed E-state index contributed by atoms with van der Waals surface area (Å²) in [5.74, 6) is -0.398. The van der Waals surface area contributed by atoms with Gasteiger partial charge in [0.15, 0.2) is 10.6 Å². The third-order valence-corrected chi connectivity index (χ3v) is 4.41. The molecule has 1 aromatic carbocycles. The van der Waals surface area contributed by atoms with Crippen molar-refractivity contribution >= 4 is 17.9 Å². The van der Waals surface area contributed by atoms with E-state index in [1.807, 2.05) is 0 Å². The number of fused-ring (bicyclic) bond motifs is 1. The quantitative estimate of drug-likeness (QED) is 0.878. The average molecular weight is 326 g/mol. The number of anilines is 1. The molecule has 0 atom stereocenters. The molecule has 5 nitrogen and oxygen atoms in total. The molecular weight excluding hydrogens is 310 g/mol. The van der Waals surface area contributed by atoms with Gasteiger partial charge in [-0.15, -0.1) is 0 Å². The molecule has 0 spiro atoms. The standard InChI is InChI=1S/C14H16F2N4OS/c1-18-12(7-21)17-20(14(18)22)8-19-6-2-3-9-10(15)4-5-11(16)13(9)19/h4-5,21H,2-3,6-8H2,1H3. The van der Waals surface area contributed by atoms with Crippen molar-refractivity contribution in [1.82, 2.24) is 14.3 Å². The van der Waals surface area contributed by atoms with Crippen LogP contribution in [0, 0.1) is 16.4 Å². The second-order valence-corrected chi connectivity index (χ2v) is 5.65. The molecule has 3 rings (SSSR count). The van der Waals surface area contributed by atoms with Crippen molar-refractivity contribution in [3.8, 4) is 0 Å². The van der Waals surface area contributed by atoms with Crippen LogP contribution in [0.1, 0.15) is 17.8 Å². The SMILES string of the molecule is Cn1c(CO)nn(CN2CCCc3c(F)ccc(F)c32)c1=S. The normalized spacial score (nSPS) is 14.3. The molecule has 1 aromatic heterocycles. The molecule has 8 heteroatoms. The highest BCUT2D eigenvalue weighted by molar-refractivity contribution is 7.71. The van der Waals surface area contributed by atoms with Crippen LogP contribution in [-0.4, -0.2) is 26.0 Å². The van der Waals surface area contributed by atoms with Gasteiger partial charge in [0.25, 0.3) is 0 Å². The highest BCUT2D eigenvalue weighted by Crippen LogP contribution is 2.32. The summed E-state index contributed by atoms with van der Waals surface area (Å²) in [6.07, 6.45) is 1.26. The fraction of sp³-hybridized carbons (Fsp3) is 0.429. The summed E-state index contributed by atoms with van der Waals surface area (Å²) < 4.78 is 31.6. The van der Waals surface area contributed by atoms with Crippen LogP contribution < -0.4 is 4.90 Å². The lowest BCUT2D eigenvalue weighted by molar-refractivity contribution is 0.265. The minimum absolute atomic E-state index is 0.222. The highest BCUT2D eigenvalue weighted by Gasteiger charge is 2.24. The van der Waals surface area contributed by atoms with Gasteiger partial charge in [-0.25, -0.2) is 13.5 Å². The van der Waals surface area contributed by atoms with Gasteiger partial charge in [0.1, 0.15) is 24.9 Å². The van der Waals surface area contributed by atoms with Crippen LogP contribution in [0.25, 0.3) is 0 Å². The largest absolute Gasteiger partial charge is 0.388 e. The zero-order valence-corrected chi connectivity index (χ0v) is 12.9. The van der Waals surface area contributed by atoms with E-state index in [-0.39, 0.29) is 24.8 Å². The van der Waals surface area contributed by atoms with E-state index in [4.69, 9.17) is 12.2 Å². The summed E-state index contributed by atoms with van der Waals surface area (Å²) in [7, 11) is 1.71. The maximum Gasteiger partial charge on any atom is 0.199 e. The molecule has 118 valence electrons. The molecule has 0 saturated heterocycles. The third kappa shape index (κ3) is 2.42. The monoisotopic (exact) mass is 326 g/mol. The summed E-state index contributed by atoms with van der Waals surface area (Å²) >= 11 is 5.26. The third-order valence-electron chi connectivity index (χ3n) is 3.92. The minimum atomic E-state index is -0.444. The van der Waals surface area contributed by atoms with E-state index >= 15 is 0 Å². The van der Waals surface area contributed by atoms with Gasteiger partial charge in [0.2, 0.25) is 0 Å². The lowest BCUT2D eigenvalue weighted by Gasteiger charge is -2.31. The molecule has 2 aromatic rings. The first kappa shape index (κ1) is 15.1. The van der Waals surface area contributed by atoms with E-state index in [1.54, 1.807) is 16.5 Å². The molecule has 0 bridgehead atoms. The van der Waals surface area contributed by atoms with E-state index in [2.05, 4.69) is 5.10 Å². The fourth-order valence-corrected chi connectivity index (χ4v) is 2.99. The minimum Gasteiger partial charge on any atom is -0.388 e. The molecule has 1 N–H and O–H groups in total. The summed E-state index contributed by atoms with van der Waals surface area (Å²) in [5, 5.41) is 13.4. The first-order valence-electron chi connectivity index (χ1n) is 6.98. The van der Waals surface area contributed by atoms with Crippen LogP contribution in [-0.2, 0) is 26.7 Å². The van der Waals surface area contributed by atoms with E-state index in [9.17, 15) is 13.9 Å². The Kier molecular flexibility index (Phi) is 3.96. The van der Waals surface area contributed by atoms with E-state index in [0.717, 1.165) is 18.6 Å². The van der Waals surface area contributed by atoms with Gasteiger partial charge >= 0.3 is 0 Å². The Balaban J connectivity index is 1.99. The van der Waals surface area contributed by atoms with Crippen LogP contribution in [0.2, 0.25) is 0 Å². The smallest absolute Gasteiger partial charge is 0.199 e. The number of hydrogen-bond donors (Lipinski definition) is 1. The van der Waals surface area contributed by atoms with Crippen LogP contribution in [0.3, 0.4) is 0 Å². The van der Waals surface area contributed by atoms with Crippen molar-refractivity contribution in [3.05, 3.63) is 39.9 Å². The van der Waals surface area contributed by atoms with Gasteiger partial charge in [-0.2, -0.15) is 5.10 Å². The molecule has 22 heavy (non-hydrogen) atoms. The summed E-state index contributed by atoms with van der Waals surface area (Å²) in [5.41, 5.74) is 0.681. The lowest BCUT2D eigenvalue weighted by atomic mass is 10.0. The van der Waals surface area contributed by atoms with Crippen molar-refractivity contribution in [3.63, 3.8) is 0 Å². The molecule has 0 amide bonds. The molecular formula is C14H16F2N4OS. The Labute approximate surface area is 131 Å². The Morgan fingerprint density at radius 1 is 1.32 bits per heavy atom.